The molecular weight excluding hydrogens is 262 g/mol. The van der Waals surface area contributed by atoms with Gasteiger partial charge in [-0.25, -0.2) is 0 Å². The first-order chi connectivity index (χ1) is 8.59. The zero-order chi connectivity index (χ0) is 15.0. The maximum atomic E-state index is 12.7. The molecule has 1 rings (SSSR count). The van der Waals surface area contributed by atoms with Crippen molar-refractivity contribution >= 4 is 29.0 Å². The van der Waals surface area contributed by atoms with Crippen LogP contribution in [0.3, 0.4) is 0 Å². The smallest absolute Gasteiger partial charge is 0.247 e. The normalized spacial score (nSPS) is 22.1. The third-order valence-electron chi connectivity index (χ3n) is 4.17. The number of thiocarbonyl (C=S) groups is 1. The second-order valence-electron chi connectivity index (χ2n) is 5.79. The van der Waals surface area contributed by atoms with Gasteiger partial charge < -0.3 is 15.5 Å². The molecule has 1 fully saturated rings. The first-order valence-electron chi connectivity index (χ1n) is 6.46. The summed E-state index contributed by atoms with van der Waals surface area (Å²) in [6.07, 6.45) is 0.526. The minimum atomic E-state index is -0.886. The molecule has 108 valence electrons. The molecule has 0 bridgehead atoms. The molecule has 19 heavy (non-hydrogen) atoms. The second-order valence-corrected chi connectivity index (χ2v) is 6.23. The van der Waals surface area contributed by atoms with Crippen LogP contribution in [0.15, 0.2) is 0 Å². The highest BCUT2D eigenvalue weighted by molar-refractivity contribution is 7.80. The standard InChI is InChI=1S/C13H23N3O2S/c1-6-13(4,9(14)19)11(18)16-8-7-15(5)10(17)12(16,2)3/h6-8H2,1-5H3,(H2,14,19). The zero-order valence-electron chi connectivity index (χ0n) is 12.3. The van der Waals surface area contributed by atoms with E-state index in [1.807, 2.05) is 6.92 Å². The molecule has 0 radical (unpaired) electrons. The minimum absolute atomic E-state index is 0.0616. The molecule has 0 aliphatic carbocycles. The van der Waals surface area contributed by atoms with Crippen molar-refractivity contribution in [1.82, 2.24) is 9.80 Å². The average molecular weight is 285 g/mol. The molecule has 6 heteroatoms. The number of amides is 2. The number of piperazine rings is 1. The third kappa shape index (κ3) is 2.45. The number of nitrogens with two attached hydrogens (primary N) is 1. The molecule has 1 saturated heterocycles. The number of carbonyl (C=O) groups excluding carboxylic acids is 2. The lowest BCUT2D eigenvalue weighted by Gasteiger charge is -2.47. The lowest BCUT2D eigenvalue weighted by Crippen LogP contribution is -2.66. The van der Waals surface area contributed by atoms with Crippen LogP contribution < -0.4 is 5.73 Å². The van der Waals surface area contributed by atoms with Crippen LogP contribution in [-0.2, 0) is 9.59 Å². The summed E-state index contributed by atoms with van der Waals surface area (Å²) in [4.78, 5) is 28.4. The van der Waals surface area contributed by atoms with Crippen LogP contribution >= 0.6 is 12.2 Å². The van der Waals surface area contributed by atoms with Crippen LogP contribution in [0.5, 0.6) is 0 Å². The molecule has 1 atom stereocenters. The SMILES string of the molecule is CCC(C)(C(=O)N1CCN(C)C(=O)C1(C)C)C(N)=S. The number of hydrogen-bond donors (Lipinski definition) is 1. The Bertz CT molecular complexity index is 422. The molecule has 0 saturated carbocycles. The highest BCUT2D eigenvalue weighted by Gasteiger charge is 2.48. The molecule has 1 unspecified atom stereocenters. The molecule has 0 aromatic carbocycles. The van der Waals surface area contributed by atoms with Gasteiger partial charge >= 0.3 is 0 Å². The van der Waals surface area contributed by atoms with E-state index in [-0.39, 0.29) is 16.8 Å². The monoisotopic (exact) mass is 285 g/mol. The van der Waals surface area contributed by atoms with E-state index in [4.69, 9.17) is 18.0 Å². The van der Waals surface area contributed by atoms with E-state index in [0.29, 0.717) is 19.5 Å². The Labute approximate surface area is 120 Å². The van der Waals surface area contributed by atoms with Crippen LogP contribution in [0.4, 0.5) is 0 Å². The average Bonchev–Trinajstić information content (AvgIpc) is 2.34. The van der Waals surface area contributed by atoms with Gasteiger partial charge in [0.2, 0.25) is 11.8 Å². The van der Waals surface area contributed by atoms with E-state index in [1.165, 1.54) is 0 Å². The number of carbonyl (C=O) groups is 2. The quantitative estimate of drug-likeness (QED) is 0.778. The number of likely N-dealkylation sites (N-methyl/N-ethyl adjacent to an activating group) is 1. The molecule has 1 aliphatic heterocycles. The molecule has 5 nitrogen and oxygen atoms in total. The Morgan fingerprint density at radius 3 is 2.42 bits per heavy atom. The van der Waals surface area contributed by atoms with Gasteiger partial charge in [-0.2, -0.15) is 0 Å². The molecular formula is C13H23N3O2S. The van der Waals surface area contributed by atoms with Crippen LogP contribution in [0.2, 0.25) is 0 Å². The Hall–Kier alpha value is -1.17. The molecule has 2 amide bonds. The van der Waals surface area contributed by atoms with E-state index in [1.54, 1.807) is 37.6 Å². The Morgan fingerprint density at radius 2 is 2.00 bits per heavy atom. The van der Waals surface area contributed by atoms with Crippen molar-refractivity contribution in [3.63, 3.8) is 0 Å². The van der Waals surface area contributed by atoms with Crippen molar-refractivity contribution in [2.75, 3.05) is 20.1 Å². The summed E-state index contributed by atoms with van der Waals surface area (Å²) >= 11 is 5.04. The number of rotatable bonds is 3. The summed E-state index contributed by atoms with van der Waals surface area (Å²) in [6, 6.07) is 0. The summed E-state index contributed by atoms with van der Waals surface area (Å²) in [5, 5.41) is 0. The predicted octanol–water partition coefficient (Wildman–Crippen LogP) is 0.768. The predicted molar refractivity (Wildman–Crippen MR) is 78.6 cm³/mol. The number of nitrogens with zero attached hydrogens (tertiary/aromatic N) is 2. The molecule has 0 aromatic heterocycles. The maximum absolute atomic E-state index is 12.7. The van der Waals surface area contributed by atoms with Crippen molar-refractivity contribution in [2.24, 2.45) is 11.1 Å². The molecule has 0 spiro atoms. The lowest BCUT2D eigenvalue weighted by molar-refractivity contribution is -0.160. The second kappa shape index (κ2) is 5.07. The Balaban J connectivity index is 3.12. The van der Waals surface area contributed by atoms with Crippen molar-refractivity contribution in [3.8, 4) is 0 Å². The fourth-order valence-corrected chi connectivity index (χ4v) is 2.53. The summed E-state index contributed by atoms with van der Waals surface area (Å²) in [5.41, 5.74) is 3.99. The highest BCUT2D eigenvalue weighted by atomic mass is 32.1. The first-order valence-corrected chi connectivity index (χ1v) is 6.87. The summed E-state index contributed by atoms with van der Waals surface area (Å²) in [6.45, 7) is 8.19. The molecule has 0 aromatic rings. The molecule has 1 aliphatic rings. The van der Waals surface area contributed by atoms with Crippen molar-refractivity contribution < 1.29 is 9.59 Å². The van der Waals surface area contributed by atoms with E-state index in [2.05, 4.69) is 0 Å². The van der Waals surface area contributed by atoms with Gasteiger partial charge in [-0.3, -0.25) is 9.59 Å². The van der Waals surface area contributed by atoms with Crippen molar-refractivity contribution in [3.05, 3.63) is 0 Å². The van der Waals surface area contributed by atoms with Gasteiger partial charge in [-0.15, -0.1) is 0 Å². The van der Waals surface area contributed by atoms with Crippen LogP contribution in [0.25, 0.3) is 0 Å². The van der Waals surface area contributed by atoms with Gasteiger partial charge in [0, 0.05) is 20.1 Å². The highest BCUT2D eigenvalue weighted by Crippen LogP contribution is 2.31. The van der Waals surface area contributed by atoms with Gasteiger partial charge in [-0.05, 0) is 27.2 Å². The van der Waals surface area contributed by atoms with Crippen LogP contribution in [0, 0.1) is 5.41 Å². The summed E-state index contributed by atoms with van der Waals surface area (Å²) in [7, 11) is 1.75. The Morgan fingerprint density at radius 1 is 1.47 bits per heavy atom. The first kappa shape index (κ1) is 15.9. The van der Waals surface area contributed by atoms with E-state index >= 15 is 0 Å². The van der Waals surface area contributed by atoms with Crippen LogP contribution in [-0.4, -0.2) is 52.3 Å². The van der Waals surface area contributed by atoms with Gasteiger partial charge in [0.05, 0.1) is 10.4 Å². The molecule has 1 heterocycles. The fourth-order valence-electron chi connectivity index (χ4n) is 2.30. The van der Waals surface area contributed by atoms with E-state index in [0.717, 1.165) is 0 Å². The van der Waals surface area contributed by atoms with E-state index in [9.17, 15) is 9.59 Å². The van der Waals surface area contributed by atoms with Gasteiger partial charge in [0.15, 0.2) is 0 Å². The van der Waals surface area contributed by atoms with Gasteiger partial charge in [-0.1, -0.05) is 19.1 Å². The zero-order valence-corrected chi connectivity index (χ0v) is 13.1. The van der Waals surface area contributed by atoms with Gasteiger partial charge in [0.1, 0.15) is 5.54 Å². The van der Waals surface area contributed by atoms with Crippen molar-refractivity contribution in [2.45, 2.75) is 39.7 Å². The summed E-state index contributed by atoms with van der Waals surface area (Å²) in [5.74, 6) is -0.220. The maximum Gasteiger partial charge on any atom is 0.247 e. The number of hydrogen-bond acceptors (Lipinski definition) is 3. The van der Waals surface area contributed by atoms with E-state index < -0.39 is 11.0 Å². The largest absolute Gasteiger partial charge is 0.392 e. The van der Waals surface area contributed by atoms with Gasteiger partial charge in [0.25, 0.3) is 0 Å². The summed E-state index contributed by atoms with van der Waals surface area (Å²) < 4.78 is 0. The molecule has 2 N–H and O–H groups in total. The topological polar surface area (TPSA) is 66.6 Å². The Kier molecular flexibility index (Phi) is 4.24. The third-order valence-corrected chi connectivity index (χ3v) is 4.62. The minimum Gasteiger partial charge on any atom is -0.392 e. The van der Waals surface area contributed by atoms with Crippen molar-refractivity contribution in [1.29, 1.82) is 0 Å². The fraction of sp³-hybridized carbons (Fsp3) is 0.769. The van der Waals surface area contributed by atoms with Crippen LogP contribution in [0.1, 0.15) is 34.1 Å². The lowest BCUT2D eigenvalue weighted by atomic mass is 9.83.